The molecule has 0 aromatic heterocycles. The van der Waals surface area contributed by atoms with Crippen LogP contribution < -0.4 is 5.32 Å². The second-order valence-corrected chi connectivity index (χ2v) is 5.09. The zero-order valence-electron chi connectivity index (χ0n) is 11.6. The number of carboxylic acid groups (broad SMARTS) is 1. The van der Waals surface area contributed by atoms with Crippen LogP contribution >= 0.6 is 0 Å². The maximum absolute atomic E-state index is 12.1. The van der Waals surface area contributed by atoms with E-state index in [1.54, 1.807) is 24.3 Å². The smallest absolute Gasteiger partial charge is 0.321 e. The van der Waals surface area contributed by atoms with Gasteiger partial charge in [-0.25, -0.2) is 4.79 Å². The molecule has 6 heteroatoms. The first-order chi connectivity index (χ1) is 10.1. The van der Waals surface area contributed by atoms with Gasteiger partial charge < -0.3 is 15.3 Å². The number of piperidine rings is 1. The van der Waals surface area contributed by atoms with Crippen LogP contribution in [0.15, 0.2) is 24.3 Å². The van der Waals surface area contributed by atoms with E-state index < -0.39 is 11.9 Å². The number of aliphatic carboxylic acids is 1. The molecule has 1 fully saturated rings. The van der Waals surface area contributed by atoms with E-state index in [9.17, 15) is 9.59 Å². The van der Waals surface area contributed by atoms with Crippen molar-refractivity contribution in [2.75, 3.05) is 18.4 Å². The number of hydrogen-bond acceptors (Lipinski definition) is 3. The lowest BCUT2D eigenvalue weighted by Gasteiger charge is -2.30. The largest absolute Gasteiger partial charge is 0.481 e. The first kappa shape index (κ1) is 14.9. The molecule has 1 aliphatic heterocycles. The van der Waals surface area contributed by atoms with E-state index in [1.807, 2.05) is 0 Å². The minimum absolute atomic E-state index is 0.244. The second-order valence-electron chi connectivity index (χ2n) is 5.09. The van der Waals surface area contributed by atoms with Gasteiger partial charge in [-0.3, -0.25) is 4.79 Å². The fourth-order valence-electron chi connectivity index (χ4n) is 2.36. The molecule has 1 aromatic rings. The van der Waals surface area contributed by atoms with Crippen molar-refractivity contribution < 1.29 is 14.7 Å². The lowest BCUT2D eigenvalue weighted by molar-refractivity contribution is -0.143. The zero-order chi connectivity index (χ0) is 15.2. The lowest BCUT2D eigenvalue weighted by atomic mass is 9.99. The summed E-state index contributed by atoms with van der Waals surface area (Å²) in [4.78, 5) is 24.6. The predicted molar refractivity (Wildman–Crippen MR) is 76.7 cm³/mol. The first-order valence-corrected chi connectivity index (χ1v) is 6.85. The topological polar surface area (TPSA) is 93.4 Å². The van der Waals surface area contributed by atoms with Crippen molar-refractivity contribution in [2.24, 2.45) is 5.92 Å². The molecule has 1 unspecified atom stereocenters. The molecule has 110 valence electrons. The Kier molecular flexibility index (Phi) is 4.77. The van der Waals surface area contributed by atoms with Gasteiger partial charge in [0.15, 0.2) is 0 Å². The van der Waals surface area contributed by atoms with Crippen LogP contribution in [0.4, 0.5) is 10.5 Å². The fourth-order valence-corrected chi connectivity index (χ4v) is 2.36. The Morgan fingerprint density at radius 3 is 2.71 bits per heavy atom. The Morgan fingerprint density at radius 2 is 2.10 bits per heavy atom. The number of carbonyl (C=O) groups is 2. The number of hydrogen-bond donors (Lipinski definition) is 2. The van der Waals surface area contributed by atoms with E-state index in [-0.39, 0.29) is 12.6 Å². The quantitative estimate of drug-likeness (QED) is 0.890. The van der Waals surface area contributed by atoms with Crippen LogP contribution in [0.3, 0.4) is 0 Å². The van der Waals surface area contributed by atoms with Crippen molar-refractivity contribution >= 4 is 17.7 Å². The first-order valence-electron chi connectivity index (χ1n) is 6.85. The molecule has 1 atom stereocenters. The molecule has 1 aliphatic rings. The zero-order valence-corrected chi connectivity index (χ0v) is 11.6. The van der Waals surface area contributed by atoms with Gasteiger partial charge in [-0.05, 0) is 30.5 Å². The van der Waals surface area contributed by atoms with Crippen molar-refractivity contribution in [3.63, 3.8) is 0 Å². The normalized spacial score (nSPS) is 17.9. The maximum Gasteiger partial charge on any atom is 0.321 e. The van der Waals surface area contributed by atoms with E-state index >= 15 is 0 Å². The monoisotopic (exact) mass is 287 g/mol. The number of urea groups is 1. The third-order valence-electron chi connectivity index (χ3n) is 3.55. The van der Waals surface area contributed by atoms with Crippen molar-refractivity contribution in [3.8, 4) is 6.07 Å². The number of nitrogens with one attached hydrogen (secondary N) is 1. The molecule has 1 heterocycles. The number of nitrogens with zero attached hydrogens (tertiary/aromatic N) is 2. The molecule has 2 rings (SSSR count). The number of nitriles is 1. The number of carbonyl (C=O) groups excluding carboxylic acids is 1. The summed E-state index contributed by atoms with van der Waals surface area (Å²) < 4.78 is 0. The number of carboxylic acids is 1. The van der Waals surface area contributed by atoms with E-state index in [4.69, 9.17) is 10.4 Å². The van der Waals surface area contributed by atoms with E-state index in [1.165, 1.54) is 4.90 Å². The van der Waals surface area contributed by atoms with Crippen molar-refractivity contribution in [3.05, 3.63) is 29.8 Å². The Hall–Kier alpha value is -2.55. The minimum Gasteiger partial charge on any atom is -0.481 e. The molecule has 6 nitrogen and oxygen atoms in total. The molecule has 2 N–H and O–H groups in total. The molecule has 0 radical (unpaired) electrons. The molecule has 0 bridgehead atoms. The fraction of sp³-hybridized carbons (Fsp3) is 0.400. The summed E-state index contributed by atoms with van der Waals surface area (Å²) in [6, 6.07) is 8.83. The van der Waals surface area contributed by atoms with Gasteiger partial charge >= 0.3 is 12.0 Å². The molecule has 0 spiro atoms. The summed E-state index contributed by atoms with van der Waals surface area (Å²) in [7, 11) is 0. The lowest BCUT2D eigenvalue weighted by Crippen LogP contribution is -2.44. The Morgan fingerprint density at radius 1 is 1.38 bits per heavy atom. The third-order valence-corrected chi connectivity index (χ3v) is 3.55. The van der Waals surface area contributed by atoms with E-state index in [2.05, 4.69) is 11.4 Å². The van der Waals surface area contributed by atoms with Gasteiger partial charge in [-0.15, -0.1) is 0 Å². The molecule has 1 aromatic carbocycles. The van der Waals surface area contributed by atoms with Gasteiger partial charge in [0, 0.05) is 18.8 Å². The summed E-state index contributed by atoms with van der Waals surface area (Å²) in [5.41, 5.74) is 1.53. The average Bonchev–Trinajstić information content (AvgIpc) is 2.49. The highest BCUT2D eigenvalue weighted by molar-refractivity contribution is 5.89. The highest BCUT2D eigenvalue weighted by Gasteiger charge is 2.28. The van der Waals surface area contributed by atoms with E-state index in [0.29, 0.717) is 31.5 Å². The number of anilines is 1. The van der Waals surface area contributed by atoms with Gasteiger partial charge in [-0.2, -0.15) is 5.26 Å². The predicted octanol–water partition coefficient (Wildman–Crippen LogP) is 2.08. The van der Waals surface area contributed by atoms with Crippen LogP contribution in [-0.4, -0.2) is 35.1 Å². The highest BCUT2D eigenvalue weighted by atomic mass is 16.4. The minimum atomic E-state index is -0.853. The number of rotatable bonds is 3. The Bertz CT molecular complexity index is 563. The molecule has 2 amide bonds. The van der Waals surface area contributed by atoms with Gasteiger partial charge in [0.2, 0.25) is 0 Å². The van der Waals surface area contributed by atoms with Gasteiger partial charge in [-0.1, -0.05) is 12.1 Å². The average molecular weight is 287 g/mol. The maximum atomic E-state index is 12.1. The molecule has 21 heavy (non-hydrogen) atoms. The summed E-state index contributed by atoms with van der Waals surface area (Å²) in [6.07, 6.45) is 1.65. The molecule has 0 aliphatic carbocycles. The highest BCUT2D eigenvalue weighted by Crippen LogP contribution is 2.18. The Balaban J connectivity index is 1.94. The van der Waals surface area contributed by atoms with E-state index in [0.717, 1.165) is 5.56 Å². The SMILES string of the molecule is N#CCc1ccc(NC(=O)N2CCCC(C(=O)O)C2)cc1. The van der Waals surface area contributed by atoms with Crippen LogP contribution in [0.25, 0.3) is 0 Å². The molecule has 0 saturated carbocycles. The number of benzene rings is 1. The van der Waals surface area contributed by atoms with Crippen LogP contribution in [0.5, 0.6) is 0 Å². The van der Waals surface area contributed by atoms with Gasteiger partial charge in [0.05, 0.1) is 18.4 Å². The molecular weight excluding hydrogens is 270 g/mol. The second kappa shape index (κ2) is 6.75. The number of likely N-dealkylation sites (tertiary alicyclic amines) is 1. The van der Waals surface area contributed by atoms with Crippen molar-refractivity contribution in [2.45, 2.75) is 19.3 Å². The van der Waals surface area contributed by atoms with Crippen LogP contribution in [-0.2, 0) is 11.2 Å². The summed E-state index contributed by atoms with van der Waals surface area (Å²) in [6.45, 7) is 0.815. The summed E-state index contributed by atoms with van der Waals surface area (Å²) in [5.74, 6) is -1.34. The summed E-state index contributed by atoms with van der Waals surface area (Å²) in [5, 5.41) is 20.4. The third kappa shape index (κ3) is 3.96. The Labute approximate surface area is 123 Å². The molecular formula is C15H17N3O3. The van der Waals surface area contributed by atoms with Crippen molar-refractivity contribution in [1.82, 2.24) is 4.90 Å². The van der Waals surface area contributed by atoms with Crippen LogP contribution in [0.1, 0.15) is 18.4 Å². The summed E-state index contributed by atoms with van der Waals surface area (Å²) >= 11 is 0. The van der Waals surface area contributed by atoms with Gasteiger partial charge in [0.25, 0.3) is 0 Å². The van der Waals surface area contributed by atoms with Crippen LogP contribution in [0.2, 0.25) is 0 Å². The van der Waals surface area contributed by atoms with Crippen LogP contribution in [0, 0.1) is 17.2 Å². The molecule has 1 saturated heterocycles. The van der Waals surface area contributed by atoms with Crippen molar-refractivity contribution in [1.29, 1.82) is 5.26 Å². The standard InChI is InChI=1S/C15H17N3O3/c16-8-7-11-3-5-13(6-4-11)17-15(21)18-9-1-2-12(10-18)14(19)20/h3-6,12H,1-2,7,9-10H2,(H,17,21)(H,19,20). The number of amides is 2. The van der Waals surface area contributed by atoms with Gasteiger partial charge in [0.1, 0.15) is 0 Å².